The number of hydrogen-bond acceptors (Lipinski definition) is 6. The molecular weight excluding hydrogens is 230 g/mol. The largest absolute Gasteiger partial charge is 0.383 e. The zero-order chi connectivity index (χ0) is 12.4. The van der Waals surface area contributed by atoms with E-state index < -0.39 is 0 Å². The Hall–Kier alpha value is -1.79. The molecule has 0 atom stereocenters. The fraction of sp³-hybridized carbons (Fsp3) is 0.417. The maximum absolute atomic E-state index is 5.93. The SMILES string of the molecule is Nc1nc(CN2CCOCC2)nc2ccncc12. The minimum Gasteiger partial charge on any atom is -0.383 e. The number of nitrogens with two attached hydrogens (primary N) is 1. The molecule has 94 valence electrons. The van der Waals surface area contributed by atoms with Gasteiger partial charge in [-0.1, -0.05) is 0 Å². The van der Waals surface area contributed by atoms with Crippen LogP contribution in [-0.2, 0) is 11.3 Å². The molecule has 18 heavy (non-hydrogen) atoms. The van der Waals surface area contributed by atoms with Crippen molar-refractivity contribution in [1.29, 1.82) is 0 Å². The number of aromatic nitrogens is 3. The van der Waals surface area contributed by atoms with E-state index in [0.717, 1.165) is 43.0 Å². The molecule has 2 aromatic heterocycles. The van der Waals surface area contributed by atoms with E-state index in [9.17, 15) is 0 Å². The number of fused-ring (bicyclic) bond motifs is 1. The van der Waals surface area contributed by atoms with Crippen molar-refractivity contribution in [3.05, 3.63) is 24.3 Å². The molecule has 6 nitrogen and oxygen atoms in total. The van der Waals surface area contributed by atoms with Crippen molar-refractivity contribution >= 4 is 16.7 Å². The van der Waals surface area contributed by atoms with Crippen molar-refractivity contribution < 1.29 is 4.74 Å². The summed E-state index contributed by atoms with van der Waals surface area (Å²) in [5, 5.41) is 0.809. The number of hydrogen-bond donors (Lipinski definition) is 1. The maximum atomic E-state index is 5.93. The Balaban J connectivity index is 1.87. The number of anilines is 1. The van der Waals surface area contributed by atoms with E-state index in [4.69, 9.17) is 10.5 Å². The number of rotatable bonds is 2. The zero-order valence-electron chi connectivity index (χ0n) is 10.0. The van der Waals surface area contributed by atoms with Gasteiger partial charge in [-0.25, -0.2) is 9.97 Å². The fourth-order valence-corrected chi connectivity index (χ4v) is 2.08. The highest BCUT2D eigenvalue weighted by molar-refractivity contribution is 5.86. The average molecular weight is 245 g/mol. The van der Waals surface area contributed by atoms with E-state index in [-0.39, 0.29) is 0 Å². The van der Waals surface area contributed by atoms with E-state index in [0.29, 0.717) is 12.4 Å². The molecule has 1 aliphatic rings. The highest BCUT2D eigenvalue weighted by atomic mass is 16.5. The lowest BCUT2D eigenvalue weighted by molar-refractivity contribution is 0.0331. The molecule has 0 amide bonds. The van der Waals surface area contributed by atoms with Gasteiger partial charge in [0.05, 0.1) is 30.7 Å². The van der Waals surface area contributed by atoms with Gasteiger partial charge in [0.1, 0.15) is 11.6 Å². The van der Waals surface area contributed by atoms with Crippen LogP contribution in [0.15, 0.2) is 18.5 Å². The van der Waals surface area contributed by atoms with Crippen LogP contribution in [0.2, 0.25) is 0 Å². The molecule has 0 unspecified atom stereocenters. The fourth-order valence-electron chi connectivity index (χ4n) is 2.08. The van der Waals surface area contributed by atoms with Crippen LogP contribution in [0, 0.1) is 0 Å². The summed E-state index contributed by atoms with van der Waals surface area (Å²) in [5.41, 5.74) is 6.78. The molecule has 0 aliphatic carbocycles. The van der Waals surface area contributed by atoms with Gasteiger partial charge in [0.25, 0.3) is 0 Å². The van der Waals surface area contributed by atoms with Gasteiger partial charge in [0.15, 0.2) is 0 Å². The molecule has 2 aromatic rings. The van der Waals surface area contributed by atoms with E-state index >= 15 is 0 Å². The lowest BCUT2D eigenvalue weighted by atomic mass is 10.3. The van der Waals surface area contributed by atoms with E-state index in [2.05, 4.69) is 19.9 Å². The van der Waals surface area contributed by atoms with Gasteiger partial charge >= 0.3 is 0 Å². The molecule has 1 fully saturated rings. The normalized spacial score (nSPS) is 17.1. The first-order valence-electron chi connectivity index (χ1n) is 5.99. The van der Waals surface area contributed by atoms with Gasteiger partial charge in [0.2, 0.25) is 0 Å². The summed E-state index contributed by atoms with van der Waals surface area (Å²) in [6, 6.07) is 1.86. The Morgan fingerprint density at radius 1 is 1.28 bits per heavy atom. The van der Waals surface area contributed by atoms with Gasteiger partial charge in [-0.15, -0.1) is 0 Å². The lowest BCUT2D eigenvalue weighted by Gasteiger charge is -2.25. The second-order valence-corrected chi connectivity index (χ2v) is 4.31. The quantitative estimate of drug-likeness (QED) is 0.827. The van der Waals surface area contributed by atoms with Crippen molar-refractivity contribution in [2.45, 2.75) is 6.54 Å². The molecule has 0 radical (unpaired) electrons. The number of morpholine rings is 1. The van der Waals surface area contributed by atoms with Crippen LogP contribution in [-0.4, -0.2) is 46.2 Å². The molecule has 3 rings (SSSR count). The molecule has 3 heterocycles. The van der Waals surface area contributed by atoms with Gasteiger partial charge in [-0.3, -0.25) is 9.88 Å². The van der Waals surface area contributed by atoms with Crippen LogP contribution < -0.4 is 5.73 Å². The van der Waals surface area contributed by atoms with Crippen molar-refractivity contribution in [2.24, 2.45) is 0 Å². The van der Waals surface area contributed by atoms with Crippen LogP contribution in [0.4, 0.5) is 5.82 Å². The summed E-state index contributed by atoms with van der Waals surface area (Å²) < 4.78 is 5.32. The number of nitrogen functional groups attached to an aromatic ring is 1. The minimum absolute atomic E-state index is 0.497. The summed E-state index contributed by atoms with van der Waals surface area (Å²) >= 11 is 0. The Kier molecular flexibility index (Phi) is 3.04. The summed E-state index contributed by atoms with van der Waals surface area (Å²) in [4.78, 5) is 15.2. The molecule has 0 aromatic carbocycles. The molecule has 0 spiro atoms. The number of ether oxygens (including phenoxy) is 1. The Morgan fingerprint density at radius 2 is 2.11 bits per heavy atom. The Morgan fingerprint density at radius 3 is 2.94 bits per heavy atom. The summed E-state index contributed by atoms with van der Waals surface area (Å²) in [5.74, 6) is 1.25. The first-order valence-corrected chi connectivity index (χ1v) is 5.99. The molecular formula is C12H15N5O. The van der Waals surface area contributed by atoms with Crippen LogP contribution in [0.3, 0.4) is 0 Å². The first kappa shape index (κ1) is 11.3. The summed E-state index contributed by atoms with van der Waals surface area (Å²) in [6.45, 7) is 4.08. The highest BCUT2D eigenvalue weighted by Gasteiger charge is 2.13. The highest BCUT2D eigenvalue weighted by Crippen LogP contribution is 2.16. The van der Waals surface area contributed by atoms with Gasteiger partial charge in [-0.2, -0.15) is 0 Å². The third-order valence-electron chi connectivity index (χ3n) is 3.04. The second-order valence-electron chi connectivity index (χ2n) is 4.31. The first-order chi connectivity index (χ1) is 8.83. The average Bonchev–Trinajstić information content (AvgIpc) is 2.40. The third-order valence-corrected chi connectivity index (χ3v) is 3.04. The van der Waals surface area contributed by atoms with E-state index in [1.165, 1.54) is 0 Å². The molecule has 2 N–H and O–H groups in total. The smallest absolute Gasteiger partial charge is 0.145 e. The molecule has 1 saturated heterocycles. The topological polar surface area (TPSA) is 77.2 Å². The van der Waals surface area contributed by atoms with Crippen LogP contribution in [0.25, 0.3) is 10.9 Å². The monoisotopic (exact) mass is 245 g/mol. The molecule has 0 saturated carbocycles. The Labute approximate surface area is 105 Å². The van der Waals surface area contributed by atoms with Crippen molar-refractivity contribution in [2.75, 3.05) is 32.0 Å². The van der Waals surface area contributed by atoms with Crippen molar-refractivity contribution in [3.63, 3.8) is 0 Å². The predicted octanol–water partition coefficient (Wildman–Crippen LogP) is 0.439. The zero-order valence-corrected chi connectivity index (χ0v) is 10.0. The maximum Gasteiger partial charge on any atom is 0.145 e. The van der Waals surface area contributed by atoms with Gasteiger partial charge in [0, 0.05) is 25.5 Å². The van der Waals surface area contributed by atoms with E-state index in [1.807, 2.05) is 6.07 Å². The molecule has 6 heteroatoms. The number of pyridine rings is 1. The molecule has 1 aliphatic heterocycles. The lowest BCUT2D eigenvalue weighted by Crippen LogP contribution is -2.36. The minimum atomic E-state index is 0.497. The van der Waals surface area contributed by atoms with Gasteiger partial charge in [-0.05, 0) is 6.07 Å². The summed E-state index contributed by atoms with van der Waals surface area (Å²) in [7, 11) is 0. The van der Waals surface area contributed by atoms with Crippen molar-refractivity contribution in [3.8, 4) is 0 Å². The Bertz CT molecular complexity index is 553. The summed E-state index contributed by atoms with van der Waals surface area (Å²) in [6.07, 6.45) is 3.41. The number of nitrogens with zero attached hydrogens (tertiary/aromatic N) is 4. The predicted molar refractivity (Wildman–Crippen MR) is 67.8 cm³/mol. The van der Waals surface area contributed by atoms with Crippen molar-refractivity contribution in [1.82, 2.24) is 19.9 Å². The van der Waals surface area contributed by atoms with Crippen LogP contribution in [0.5, 0.6) is 0 Å². The third kappa shape index (κ3) is 2.25. The second kappa shape index (κ2) is 4.83. The van der Waals surface area contributed by atoms with E-state index in [1.54, 1.807) is 12.4 Å². The van der Waals surface area contributed by atoms with Crippen LogP contribution in [0.1, 0.15) is 5.82 Å². The van der Waals surface area contributed by atoms with Crippen LogP contribution >= 0.6 is 0 Å². The standard InChI is InChI=1S/C12H15N5O/c13-12-9-7-14-2-1-10(9)15-11(16-12)8-17-3-5-18-6-4-17/h1-2,7H,3-6,8H2,(H2,13,15,16). The van der Waals surface area contributed by atoms with Gasteiger partial charge < -0.3 is 10.5 Å². The molecule has 0 bridgehead atoms.